The lowest BCUT2D eigenvalue weighted by Gasteiger charge is -2.36. The number of aromatic nitrogens is 4. The average Bonchev–Trinajstić information content (AvgIpc) is 3.13. The molecule has 8 heteroatoms. The van der Waals surface area contributed by atoms with Crippen LogP contribution in [0.2, 0.25) is 0 Å². The molecule has 0 unspecified atom stereocenters. The lowest BCUT2D eigenvalue weighted by Crippen LogP contribution is -2.47. The van der Waals surface area contributed by atoms with Crippen molar-refractivity contribution in [1.29, 1.82) is 5.26 Å². The number of anilines is 2. The third-order valence-corrected chi connectivity index (χ3v) is 5.01. The number of aromatic amines is 1. The second-order valence-electron chi connectivity index (χ2n) is 7.96. The molecule has 0 aliphatic carbocycles. The fourth-order valence-corrected chi connectivity index (χ4v) is 3.55. The maximum absolute atomic E-state index is 12.5. The number of nitrogens with zero attached hydrogens (tertiary/aromatic N) is 6. The van der Waals surface area contributed by atoms with Crippen LogP contribution in [0.15, 0.2) is 35.3 Å². The summed E-state index contributed by atoms with van der Waals surface area (Å²) in [6.45, 7) is 9.02. The normalized spacial score (nSPS) is 15.1. The number of hydrogen-bond donors (Lipinski definition) is 1. The first-order chi connectivity index (χ1) is 13.4. The predicted molar refractivity (Wildman–Crippen MR) is 109 cm³/mol. The van der Waals surface area contributed by atoms with Gasteiger partial charge >= 0.3 is 0 Å². The maximum atomic E-state index is 12.5. The molecule has 28 heavy (non-hydrogen) atoms. The highest BCUT2D eigenvalue weighted by Crippen LogP contribution is 2.23. The quantitative estimate of drug-likeness (QED) is 0.735. The van der Waals surface area contributed by atoms with E-state index in [1.807, 2.05) is 45.0 Å². The molecule has 1 aliphatic rings. The van der Waals surface area contributed by atoms with Crippen molar-refractivity contribution in [2.75, 3.05) is 36.0 Å². The molecular weight excluding hydrogens is 354 g/mol. The van der Waals surface area contributed by atoms with E-state index in [4.69, 9.17) is 4.98 Å². The molecule has 0 radical (unpaired) electrons. The molecule has 3 aromatic rings. The molecule has 0 spiro atoms. The number of para-hydroxylation sites is 1. The number of rotatable bonds is 2. The molecule has 144 valence electrons. The monoisotopic (exact) mass is 377 g/mol. The lowest BCUT2D eigenvalue weighted by atomic mass is 10.1. The summed E-state index contributed by atoms with van der Waals surface area (Å²) >= 11 is 0. The molecule has 1 aromatic carbocycles. The molecule has 1 aliphatic heterocycles. The zero-order chi connectivity index (χ0) is 19.9. The molecule has 0 amide bonds. The first kappa shape index (κ1) is 18.0. The third kappa shape index (κ3) is 3.09. The second kappa shape index (κ2) is 6.68. The van der Waals surface area contributed by atoms with Crippen molar-refractivity contribution in [2.24, 2.45) is 0 Å². The summed E-state index contributed by atoms with van der Waals surface area (Å²) in [7, 11) is 0. The third-order valence-electron chi connectivity index (χ3n) is 5.01. The zero-order valence-corrected chi connectivity index (χ0v) is 16.3. The Morgan fingerprint density at radius 3 is 2.46 bits per heavy atom. The number of fused-ring (bicyclic) bond motifs is 1. The zero-order valence-electron chi connectivity index (χ0n) is 16.3. The second-order valence-corrected chi connectivity index (χ2v) is 7.96. The predicted octanol–water partition coefficient (Wildman–Crippen LogP) is 2.07. The Bertz CT molecular complexity index is 1110. The van der Waals surface area contributed by atoms with Gasteiger partial charge in [0, 0.05) is 26.2 Å². The summed E-state index contributed by atoms with van der Waals surface area (Å²) in [6.07, 6.45) is 1.58. The summed E-state index contributed by atoms with van der Waals surface area (Å²) in [5.74, 6) is 0.566. The molecular formula is C20H23N7O. The molecule has 4 rings (SSSR count). The van der Waals surface area contributed by atoms with Gasteiger partial charge < -0.3 is 9.80 Å². The topological polar surface area (TPSA) is 93.8 Å². The molecule has 8 nitrogen and oxygen atoms in total. The van der Waals surface area contributed by atoms with Gasteiger partial charge in [0.05, 0.1) is 23.0 Å². The van der Waals surface area contributed by atoms with Gasteiger partial charge in [-0.3, -0.25) is 9.78 Å². The molecule has 0 saturated carbocycles. The summed E-state index contributed by atoms with van der Waals surface area (Å²) in [4.78, 5) is 24.4. The van der Waals surface area contributed by atoms with Crippen LogP contribution >= 0.6 is 0 Å². The SMILES string of the molecule is CC(C)(C)n1ncc2c(=O)[nH]c(N3CCN(c4ccccc4C#N)CC3)nc21. The molecule has 2 aromatic heterocycles. The van der Waals surface area contributed by atoms with Crippen molar-refractivity contribution in [3.8, 4) is 6.07 Å². The van der Waals surface area contributed by atoms with Crippen molar-refractivity contribution in [1.82, 2.24) is 19.7 Å². The van der Waals surface area contributed by atoms with Crippen molar-refractivity contribution in [2.45, 2.75) is 26.3 Å². The maximum Gasteiger partial charge on any atom is 0.263 e. The highest BCUT2D eigenvalue weighted by Gasteiger charge is 2.24. The largest absolute Gasteiger partial charge is 0.367 e. The first-order valence-electron chi connectivity index (χ1n) is 9.36. The molecule has 1 saturated heterocycles. The number of nitrogens with one attached hydrogen (secondary N) is 1. The Balaban J connectivity index is 1.61. The standard InChI is InChI=1S/C20H23N7O/c1-20(2,3)27-17-15(13-22-27)18(28)24-19(23-17)26-10-8-25(9-11-26)16-7-5-4-6-14(16)12-21/h4-7,13H,8-11H2,1-3H3,(H,23,24,28). The van der Waals surface area contributed by atoms with Gasteiger partial charge in [0.15, 0.2) is 5.65 Å². The number of hydrogen-bond acceptors (Lipinski definition) is 6. The van der Waals surface area contributed by atoms with E-state index in [2.05, 4.69) is 26.0 Å². The number of benzene rings is 1. The van der Waals surface area contributed by atoms with Crippen LogP contribution in [0, 0.1) is 11.3 Å². The van der Waals surface area contributed by atoms with E-state index < -0.39 is 0 Å². The fourth-order valence-electron chi connectivity index (χ4n) is 3.55. The van der Waals surface area contributed by atoms with E-state index in [-0.39, 0.29) is 11.1 Å². The van der Waals surface area contributed by atoms with Crippen LogP contribution < -0.4 is 15.4 Å². The van der Waals surface area contributed by atoms with Gasteiger partial charge in [-0.05, 0) is 32.9 Å². The van der Waals surface area contributed by atoms with Crippen LogP contribution in [0.25, 0.3) is 11.0 Å². The van der Waals surface area contributed by atoms with Gasteiger partial charge in [0.25, 0.3) is 5.56 Å². The Labute approximate surface area is 163 Å². The minimum atomic E-state index is -0.264. The van der Waals surface area contributed by atoms with Crippen LogP contribution in [0.4, 0.5) is 11.6 Å². The van der Waals surface area contributed by atoms with Gasteiger partial charge in [-0.15, -0.1) is 0 Å². The van der Waals surface area contributed by atoms with Crippen molar-refractivity contribution in [3.63, 3.8) is 0 Å². The smallest absolute Gasteiger partial charge is 0.263 e. The van der Waals surface area contributed by atoms with E-state index in [1.54, 1.807) is 10.9 Å². The minimum absolute atomic E-state index is 0.173. The Morgan fingerprint density at radius 1 is 1.11 bits per heavy atom. The van der Waals surface area contributed by atoms with Crippen molar-refractivity contribution in [3.05, 3.63) is 46.4 Å². The van der Waals surface area contributed by atoms with Crippen molar-refractivity contribution < 1.29 is 0 Å². The van der Waals surface area contributed by atoms with E-state index in [0.717, 1.165) is 18.8 Å². The highest BCUT2D eigenvalue weighted by molar-refractivity contribution is 5.75. The Morgan fingerprint density at radius 2 is 1.79 bits per heavy atom. The summed E-state index contributed by atoms with van der Waals surface area (Å²) in [5.41, 5.74) is 1.79. The summed E-state index contributed by atoms with van der Waals surface area (Å²) in [5, 5.41) is 14.2. The average molecular weight is 377 g/mol. The molecule has 1 N–H and O–H groups in total. The van der Waals surface area contributed by atoms with E-state index in [9.17, 15) is 10.1 Å². The van der Waals surface area contributed by atoms with E-state index in [0.29, 0.717) is 35.6 Å². The van der Waals surface area contributed by atoms with Crippen LogP contribution in [0.3, 0.4) is 0 Å². The molecule has 0 atom stereocenters. The molecule has 0 bridgehead atoms. The van der Waals surface area contributed by atoms with Crippen LogP contribution in [-0.4, -0.2) is 45.9 Å². The van der Waals surface area contributed by atoms with Gasteiger partial charge in [-0.2, -0.15) is 15.3 Å². The fraction of sp³-hybridized carbons (Fsp3) is 0.400. The van der Waals surface area contributed by atoms with Crippen molar-refractivity contribution >= 4 is 22.7 Å². The summed E-state index contributed by atoms with van der Waals surface area (Å²) in [6, 6.07) is 9.89. The lowest BCUT2D eigenvalue weighted by molar-refractivity contribution is 0.366. The van der Waals surface area contributed by atoms with Crippen LogP contribution in [-0.2, 0) is 5.54 Å². The van der Waals surface area contributed by atoms with Gasteiger partial charge in [0.1, 0.15) is 11.5 Å². The first-order valence-corrected chi connectivity index (χ1v) is 9.36. The number of piperazine rings is 1. The van der Waals surface area contributed by atoms with Gasteiger partial charge in [-0.25, -0.2) is 4.68 Å². The molecule has 3 heterocycles. The van der Waals surface area contributed by atoms with Gasteiger partial charge in [0.2, 0.25) is 5.95 Å². The van der Waals surface area contributed by atoms with Crippen LogP contribution in [0.1, 0.15) is 26.3 Å². The van der Waals surface area contributed by atoms with E-state index >= 15 is 0 Å². The number of H-pyrrole nitrogens is 1. The van der Waals surface area contributed by atoms with Crippen LogP contribution in [0.5, 0.6) is 0 Å². The van der Waals surface area contributed by atoms with E-state index in [1.165, 1.54) is 0 Å². The number of nitriles is 1. The minimum Gasteiger partial charge on any atom is -0.367 e. The molecule has 1 fully saturated rings. The summed E-state index contributed by atoms with van der Waals surface area (Å²) < 4.78 is 1.79. The van der Waals surface area contributed by atoms with Gasteiger partial charge in [-0.1, -0.05) is 12.1 Å². The Kier molecular flexibility index (Phi) is 4.30. The highest BCUT2D eigenvalue weighted by atomic mass is 16.1. The Hall–Kier alpha value is -3.34.